The van der Waals surface area contributed by atoms with Gasteiger partial charge in [0.05, 0.1) is 28.7 Å². The molecule has 166 valence electrons. The topological polar surface area (TPSA) is 93.5 Å². The molecule has 2 aliphatic heterocycles. The SMILES string of the molecule is Cn1nc(C2CCC(=O)NC2=O)c2cccc(N3CCC(C(=O)OC(C)(C)C)CC3)c21. The smallest absolute Gasteiger partial charge is 0.309 e. The van der Waals surface area contributed by atoms with Crippen molar-refractivity contribution in [3.63, 3.8) is 0 Å². The van der Waals surface area contributed by atoms with Crippen LogP contribution in [0.2, 0.25) is 0 Å². The number of carbonyl (C=O) groups excluding carboxylic acids is 3. The molecule has 3 heterocycles. The molecule has 2 aromatic rings. The van der Waals surface area contributed by atoms with Gasteiger partial charge in [0, 0.05) is 31.9 Å². The number of aryl methyl sites for hydroxylation is 1. The van der Waals surface area contributed by atoms with Crippen LogP contribution in [0.4, 0.5) is 5.69 Å². The quantitative estimate of drug-likeness (QED) is 0.599. The van der Waals surface area contributed by atoms with Crippen LogP contribution in [0.25, 0.3) is 10.9 Å². The molecule has 1 aromatic heterocycles. The van der Waals surface area contributed by atoms with Crippen LogP contribution in [0.1, 0.15) is 58.1 Å². The second-order valence-electron chi connectivity index (χ2n) is 9.48. The minimum absolute atomic E-state index is 0.0831. The van der Waals surface area contributed by atoms with Gasteiger partial charge in [0.25, 0.3) is 0 Å². The number of nitrogens with zero attached hydrogens (tertiary/aromatic N) is 3. The third-order valence-corrected chi connectivity index (χ3v) is 6.02. The lowest BCUT2D eigenvalue weighted by Crippen LogP contribution is -2.39. The van der Waals surface area contributed by atoms with Crippen LogP contribution >= 0.6 is 0 Å². The summed E-state index contributed by atoms with van der Waals surface area (Å²) in [5.74, 6) is -1.13. The molecule has 0 saturated carbocycles. The Kier molecular flexibility index (Phi) is 5.49. The molecule has 2 fully saturated rings. The Morgan fingerprint density at radius 1 is 1.16 bits per heavy atom. The predicted octanol–water partition coefficient (Wildman–Crippen LogP) is 2.65. The summed E-state index contributed by atoms with van der Waals surface area (Å²) in [5.41, 5.74) is 2.26. The van der Waals surface area contributed by atoms with Gasteiger partial charge in [-0.3, -0.25) is 24.4 Å². The van der Waals surface area contributed by atoms with Gasteiger partial charge in [-0.15, -0.1) is 0 Å². The van der Waals surface area contributed by atoms with Crippen molar-refractivity contribution >= 4 is 34.4 Å². The number of esters is 1. The summed E-state index contributed by atoms with van der Waals surface area (Å²) < 4.78 is 7.39. The molecular weight excluding hydrogens is 396 g/mol. The lowest BCUT2D eigenvalue weighted by molar-refractivity contribution is -0.160. The van der Waals surface area contributed by atoms with Gasteiger partial charge >= 0.3 is 5.97 Å². The van der Waals surface area contributed by atoms with E-state index in [1.165, 1.54) is 0 Å². The first-order chi connectivity index (χ1) is 14.6. The lowest BCUT2D eigenvalue weighted by Gasteiger charge is -2.34. The van der Waals surface area contributed by atoms with Gasteiger partial charge in [-0.25, -0.2) is 0 Å². The van der Waals surface area contributed by atoms with Crippen LogP contribution in [0.3, 0.4) is 0 Å². The van der Waals surface area contributed by atoms with Crippen molar-refractivity contribution in [1.82, 2.24) is 15.1 Å². The van der Waals surface area contributed by atoms with E-state index >= 15 is 0 Å². The second kappa shape index (κ2) is 7.98. The average Bonchev–Trinajstić information content (AvgIpc) is 3.03. The predicted molar refractivity (Wildman–Crippen MR) is 117 cm³/mol. The first kappa shape index (κ1) is 21.3. The molecule has 4 rings (SSSR count). The van der Waals surface area contributed by atoms with Crippen molar-refractivity contribution in [1.29, 1.82) is 0 Å². The van der Waals surface area contributed by atoms with Gasteiger partial charge in [-0.05, 0) is 46.1 Å². The number of aromatic nitrogens is 2. The molecule has 8 heteroatoms. The summed E-state index contributed by atoms with van der Waals surface area (Å²) in [4.78, 5) is 38.7. The van der Waals surface area contributed by atoms with Crippen molar-refractivity contribution < 1.29 is 19.1 Å². The van der Waals surface area contributed by atoms with Gasteiger partial charge in [0.1, 0.15) is 5.60 Å². The number of rotatable bonds is 3. The second-order valence-corrected chi connectivity index (χ2v) is 9.48. The standard InChI is InChI=1S/C23H30N4O4/c1-23(2,3)31-22(30)14-10-12-27(13-11-14)17-7-5-6-15-19(25-26(4)20(15)17)16-8-9-18(28)24-21(16)29/h5-7,14,16H,8-13H2,1-4H3,(H,24,28,29). The van der Waals surface area contributed by atoms with Crippen LogP contribution < -0.4 is 10.2 Å². The van der Waals surface area contributed by atoms with Crippen LogP contribution in [0.5, 0.6) is 0 Å². The Balaban J connectivity index is 1.56. The highest BCUT2D eigenvalue weighted by Crippen LogP contribution is 2.36. The number of piperidine rings is 2. The van der Waals surface area contributed by atoms with Gasteiger partial charge in [0.15, 0.2) is 0 Å². The van der Waals surface area contributed by atoms with E-state index in [-0.39, 0.29) is 23.7 Å². The van der Waals surface area contributed by atoms with Gasteiger partial charge in [0.2, 0.25) is 11.8 Å². The fourth-order valence-electron chi connectivity index (χ4n) is 4.55. The van der Waals surface area contributed by atoms with E-state index in [1.54, 1.807) is 0 Å². The summed E-state index contributed by atoms with van der Waals surface area (Å²) >= 11 is 0. The molecule has 1 atom stereocenters. The first-order valence-electron chi connectivity index (χ1n) is 10.9. The van der Waals surface area contributed by atoms with Crippen LogP contribution in [-0.2, 0) is 26.2 Å². The minimum atomic E-state index is -0.471. The number of hydrogen-bond donors (Lipinski definition) is 1. The Morgan fingerprint density at radius 3 is 2.52 bits per heavy atom. The maximum Gasteiger partial charge on any atom is 0.309 e. The Bertz CT molecular complexity index is 1030. The van der Waals surface area contributed by atoms with E-state index in [4.69, 9.17) is 4.74 Å². The van der Waals surface area contributed by atoms with Crippen molar-refractivity contribution in [2.24, 2.45) is 13.0 Å². The number of para-hydroxylation sites is 1. The maximum atomic E-state index is 12.4. The zero-order valence-corrected chi connectivity index (χ0v) is 18.6. The van der Waals surface area contributed by atoms with E-state index in [0.717, 1.165) is 42.5 Å². The number of carbonyl (C=O) groups is 3. The average molecular weight is 427 g/mol. The fourth-order valence-corrected chi connectivity index (χ4v) is 4.55. The summed E-state index contributed by atoms with van der Waals surface area (Å²) in [6, 6.07) is 6.03. The molecule has 8 nitrogen and oxygen atoms in total. The number of ether oxygens (including phenoxy) is 1. The van der Waals surface area contributed by atoms with Gasteiger partial charge in [-0.2, -0.15) is 5.10 Å². The third-order valence-electron chi connectivity index (χ3n) is 6.02. The number of hydrogen-bond acceptors (Lipinski definition) is 6. The number of imide groups is 1. The molecule has 2 aliphatic rings. The minimum Gasteiger partial charge on any atom is -0.460 e. The van der Waals surface area contributed by atoms with Crippen molar-refractivity contribution in [3.05, 3.63) is 23.9 Å². The van der Waals surface area contributed by atoms with Crippen molar-refractivity contribution in [2.75, 3.05) is 18.0 Å². The molecule has 0 aliphatic carbocycles. The fraction of sp³-hybridized carbons (Fsp3) is 0.565. The van der Waals surface area contributed by atoms with Crippen molar-refractivity contribution in [3.8, 4) is 0 Å². The monoisotopic (exact) mass is 426 g/mol. The van der Waals surface area contributed by atoms with Gasteiger partial charge < -0.3 is 9.64 Å². The molecule has 0 bridgehead atoms. The molecule has 0 spiro atoms. The molecule has 1 N–H and O–H groups in total. The Morgan fingerprint density at radius 2 is 1.87 bits per heavy atom. The summed E-state index contributed by atoms with van der Waals surface area (Å²) in [7, 11) is 1.88. The largest absolute Gasteiger partial charge is 0.460 e. The molecule has 1 unspecified atom stereocenters. The number of fused-ring (bicyclic) bond motifs is 1. The van der Waals surface area contributed by atoms with Crippen molar-refractivity contribution in [2.45, 2.75) is 58.0 Å². The molecule has 0 radical (unpaired) electrons. The van der Waals surface area contributed by atoms with Crippen LogP contribution in [0.15, 0.2) is 18.2 Å². The third kappa shape index (κ3) is 4.29. The summed E-state index contributed by atoms with van der Waals surface area (Å²) in [6.45, 7) is 7.18. The first-order valence-corrected chi connectivity index (χ1v) is 10.9. The van der Waals surface area contributed by atoms with Crippen LogP contribution in [-0.4, -0.2) is 46.3 Å². The van der Waals surface area contributed by atoms with Gasteiger partial charge in [-0.1, -0.05) is 12.1 Å². The number of nitrogens with one attached hydrogen (secondary N) is 1. The van der Waals surface area contributed by atoms with E-state index < -0.39 is 11.5 Å². The normalized spacial score (nSPS) is 20.8. The van der Waals surface area contributed by atoms with Crippen LogP contribution in [0, 0.1) is 5.92 Å². The summed E-state index contributed by atoms with van der Waals surface area (Å²) in [6.07, 6.45) is 2.28. The lowest BCUT2D eigenvalue weighted by atomic mass is 9.92. The van der Waals surface area contributed by atoms with E-state index in [1.807, 2.05) is 44.6 Å². The highest BCUT2D eigenvalue weighted by molar-refractivity contribution is 6.03. The highest BCUT2D eigenvalue weighted by Gasteiger charge is 2.33. The Labute approximate surface area is 181 Å². The molecule has 2 saturated heterocycles. The van der Waals surface area contributed by atoms with E-state index in [9.17, 15) is 14.4 Å². The zero-order valence-electron chi connectivity index (χ0n) is 18.6. The van der Waals surface area contributed by atoms with E-state index in [0.29, 0.717) is 18.5 Å². The number of amides is 2. The highest BCUT2D eigenvalue weighted by atomic mass is 16.6. The zero-order chi connectivity index (χ0) is 22.3. The molecule has 1 aromatic carbocycles. The maximum absolute atomic E-state index is 12.4. The van der Waals surface area contributed by atoms with E-state index in [2.05, 4.69) is 21.4 Å². The Hall–Kier alpha value is -2.90. The molecule has 2 amide bonds. The summed E-state index contributed by atoms with van der Waals surface area (Å²) in [5, 5.41) is 8.04. The number of anilines is 1. The molecular formula is C23H30N4O4. The number of benzene rings is 1. The molecule has 31 heavy (non-hydrogen) atoms.